The molecule has 0 saturated carbocycles. The molecule has 0 radical (unpaired) electrons. The van der Waals surface area contributed by atoms with Crippen LogP contribution in [0.2, 0.25) is 0 Å². The molecule has 6 heteroatoms. The maximum atomic E-state index is 12.8. The standard InChI is InChI=1S/C30H44N2O4/c33-30(10-4-7-19-35-29-15-20-34-21-16-29)31-27(23-32-17-5-6-18-32)22-25-11-13-28(14-12-25)36-24-26-8-2-1-3-9-26/h2,8-9,11-14,27,29H,1,3-7,10,15-24H2,(H,31,33). The van der Waals surface area contributed by atoms with Gasteiger partial charge in [-0.05, 0) is 94.1 Å². The third-order valence-corrected chi connectivity index (χ3v) is 7.25. The zero-order valence-electron chi connectivity index (χ0n) is 21.8. The summed E-state index contributed by atoms with van der Waals surface area (Å²) < 4.78 is 17.3. The van der Waals surface area contributed by atoms with Crippen LogP contribution >= 0.6 is 0 Å². The van der Waals surface area contributed by atoms with E-state index in [2.05, 4.69) is 52.7 Å². The molecule has 4 rings (SSSR count). The van der Waals surface area contributed by atoms with E-state index in [1.807, 2.05) is 0 Å². The first-order valence-electron chi connectivity index (χ1n) is 14.0. The molecule has 1 aromatic rings. The third kappa shape index (κ3) is 9.72. The van der Waals surface area contributed by atoms with Crippen molar-refractivity contribution in [2.75, 3.05) is 46.1 Å². The summed E-state index contributed by atoms with van der Waals surface area (Å²) >= 11 is 0. The fourth-order valence-corrected chi connectivity index (χ4v) is 5.17. The Balaban J connectivity index is 1.20. The van der Waals surface area contributed by atoms with Crippen molar-refractivity contribution in [2.45, 2.75) is 76.4 Å². The second-order valence-corrected chi connectivity index (χ2v) is 10.3. The molecule has 0 spiro atoms. The van der Waals surface area contributed by atoms with Crippen LogP contribution in [0.5, 0.6) is 5.75 Å². The molecule has 2 heterocycles. The number of benzene rings is 1. The van der Waals surface area contributed by atoms with Crippen LogP contribution in [0.25, 0.3) is 0 Å². The van der Waals surface area contributed by atoms with Crippen molar-refractivity contribution in [1.29, 1.82) is 0 Å². The second-order valence-electron chi connectivity index (χ2n) is 10.3. The second kappa shape index (κ2) is 15.2. The predicted octanol–water partition coefficient (Wildman–Crippen LogP) is 4.83. The van der Waals surface area contributed by atoms with Gasteiger partial charge in [0.2, 0.25) is 5.91 Å². The summed E-state index contributed by atoms with van der Waals surface area (Å²) in [5.41, 5.74) is 2.47. The van der Waals surface area contributed by atoms with E-state index in [0.29, 0.717) is 19.1 Å². The number of amides is 1. The molecule has 1 aromatic carbocycles. The van der Waals surface area contributed by atoms with E-state index in [0.717, 1.165) is 90.2 Å². The van der Waals surface area contributed by atoms with Crippen molar-refractivity contribution in [3.63, 3.8) is 0 Å². The van der Waals surface area contributed by atoms with E-state index in [4.69, 9.17) is 14.2 Å². The molecule has 2 aliphatic heterocycles. The number of unbranched alkanes of at least 4 members (excludes halogenated alkanes) is 1. The lowest BCUT2D eigenvalue weighted by Gasteiger charge is -2.25. The van der Waals surface area contributed by atoms with Crippen LogP contribution in [0.1, 0.15) is 63.4 Å². The molecule has 3 aliphatic rings. The van der Waals surface area contributed by atoms with Crippen LogP contribution in [0.4, 0.5) is 0 Å². The highest BCUT2D eigenvalue weighted by molar-refractivity contribution is 5.76. The van der Waals surface area contributed by atoms with Crippen LogP contribution in [-0.2, 0) is 20.7 Å². The quantitative estimate of drug-likeness (QED) is 0.374. The van der Waals surface area contributed by atoms with Gasteiger partial charge < -0.3 is 24.4 Å². The highest BCUT2D eigenvalue weighted by atomic mass is 16.5. The monoisotopic (exact) mass is 496 g/mol. The molecular formula is C30H44N2O4. The van der Waals surface area contributed by atoms with Gasteiger partial charge in [-0.1, -0.05) is 30.4 Å². The fourth-order valence-electron chi connectivity index (χ4n) is 5.17. The van der Waals surface area contributed by atoms with Crippen molar-refractivity contribution >= 4 is 5.91 Å². The Hall–Kier alpha value is -2.15. The molecule has 2 fully saturated rings. The molecule has 2 saturated heterocycles. The van der Waals surface area contributed by atoms with Crippen LogP contribution in [0.3, 0.4) is 0 Å². The number of carbonyl (C=O) groups excluding carboxylic acids is 1. The van der Waals surface area contributed by atoms with Gasteiger partial charge in [-0.15, -0.1) is 0 Å². The Kier molecular flexibility index (Phi) is 11.3. The Morgan fingerprint density at radius 2 is 1.89 bits per heavy atom. The summed E-state index contributed by atoms with van der Waals surface area (Å²) in [6.45, 7) is 6.13. The van der Waals surface area contributed by atoms with Crippen LogP contribution in [0, 0.1) is 0 Å². The third-order valence-electron chi connectivity index (χ3n) is 7.25. The van der Waals surface area contributed by atoms with E-state index in [1.165, 1.54) is 24.0 Å². The zero-order chi connectivity index (χ0) is 24.8. The number of allylic oxidation sites excluding steroid dienone is 2. The number of hydrogen-bond acceptors (Lipinski definition) is 5. The summed E-state index contributed by atoms with van der Waals surface area (Å²) in [6.07, 6.45) is 16.8. The number of rotatable bonds is 14. The van der Waals surface area contributed by atoms with Crippen molar-refractivity contribution in [3.8, 4) is 5.75 Å². The maximum absolute atomic E-state index is 12.8. The SMILES string of the molecule is O=C(CCCCOC1CCOCC1)NC(Cc1ccc(OCC2=CCCC=C2)cc1)CN1CCCC1. The van der Waals surface area contributed by atoms with Gasteiger partial charge in [-0.2, -0.15) is 0 Å². The highest BCUT2D eigenvalue weighted by Gasteiger charge is 2.20. The highest BCUT2D eigenvalue weighted by Crippen LogP contribution is 2.18. The molecule has 1 unspecified atom stereocenters. The lowest BCUT2D eigenvalue weighted by molar-refractivity contribution is -0.122. The summed E-state index contributed by atoms with van der Waals surface area (Å²) in [7, 11) is 0. The van der Waals surface area contributed by atoms with Crippen molar-refractivity contribution in [1.82, 2.24) is 10.2 Å². The topological polar surface area (TPSA) is 60.0 Å². The zero-order valence-corrected chi connectivity index (χ0v) is 21.8. The van der Waals surface area contributed by atoms with E-state index in [9.17, 15) is 4.79 Å². The maximum Gasteiger partial charge on any atom is 0.220 e. The van der Waals surface area contributed by atoms with Gasteiger partial charge in [0, 0.05) is 38.8 Å². The van der Waals surface area contributed by atoms with E-state index < -0.39 is 0 Å². The average Bonchev–Trinajstić information content (AvgIpc) is 3.42. The van der Waals surface area contributed by atoms with Gasteiger partial charge in [0.25, 0.3) is 0 Å². The molecule has 1 N–H and O–H groups in total. The number of hydrogen-bond donors (Lipinski definition) is 1. The van der Waals surface area contributed by atoms with Gasteiger partial charge in [0.15, 0.2) is 0 Å². The minimum absolute atomic E-state index is 0.124. The van der Waals surface area contributed by atoms with Gasteiger partial charge >= 0.3 is 0 Å². The molecule has 0 aromatic heterocycles. The van der Waals surface area contributed by atoms with E-state index in [-0.39, 0.29) is 11.9 Å². The molecular weight excluding hydrogens is 452 g/mol. The Morgan fingerprint density at radius 1 is 1.08 bits per heavy atom. The van der Waals surface area contributed by atoms with E-state index in [1.54, 1.807) is 0 Å². The summed E-state index contributed by atoms with van der Waals surface area (Å²) in [5, 5.41) is 3.33. The van der Waals surface area contributed by atoms with Crippen LogP contribution in [-0.4, -0.2) is 69.0 Å². The van der Waals surface area contributed by atoms with Crippen LogP contribution < -0.4 is 10.1 Å². The first-order chi connectivity index (χ1) is 17.7. The normalized spacial score (nSPS) is 19.7. The minimum atomic E-state index is 0.124. The predicted molar refractivity (Wildman–Crippen MR) is 143 cm³/mol. The molecule has 6 nitrogen and oxygen atoms in total. The van der Waals surface area contributed by atoms with Crippen molar-refractivity contribution in [2.24, 2.45) is 0 Å². The number of likely N-dealkylation sites (tertiary alicyclic amines) is 1. The van der Waals surface area contributed by atoms with Gasteiger partial charge in [0.05, 0.1) is 6.10 Å². The molecule has 36 heavy (non-hydrogen) atoms. The number of ether oxygens (including phenoxy) is 3. The lowest BCUT2D eigenvalue weighted by Crippen LogP contribution is -2.44. The Labute approximate surface area is 217 Å². The first-order valence-corrected chi connectivity index (χ1v) is 14.0. The van der Waals surface area contributed by atoms with Crippen molar-refractivity contribution < 1.29 is 19.0 Å². The summed E-state index contributed by atoms with van der Waals surface area (Å²) in [5.74, 6) is 1.04. The fraction of sp³-hybridized carbons (Fsp3) is 0.633. The average molecular weight is 497 g/mol. The molecule has 1 atom stereocenters. The summed E-state index contributed by atoms with van der Waals surface area (Å²) in [4.78, 5) is 15.2. The smallest absolute Gasteiger partial charge is 0.220 e. The van der Waals surface area contributed by atoms with Gasteiger partial charge in [0.1, 0.15) is 12.4 Å². The number of carbonyl (C=O) groups is 1. The number of nitrogens with zero attached hydrogens (tertiary/aromatic N) is 1. The Bertz CT molecular complexity index is 839. The molecule has 198 valence electrons. The first kappa shape index (κ1) is 26.9. The molecule has 1 amide bonds. The summed E-state index contributed by atoms with van der Waals surface area (Å²) in [6, 6.07) is 8.50. The Morgan fingerprint density at radius 3 is 2.64 bits per heavy atom. The van der Waals surface area contributed by atoms with Gasteiger partial charge in [-0.3, -0.25) is 4.79 Å². The number of nitrogens with one attached hydrogen (secondary N) is 1. The van der Waals surface area contributed by atoms with Crippen LogP contribution in [0.15, 0.2) is 48.1 Å². The lowest BCUT2D eigenvalue weighted by atomic mass is 10.0. The molecule has 0 bridgehead atoms. The van der Waals surface area contributed by atoms with Gasteiger partial charge in [-0.25, -0.2) is 0 Å². The largest absolute Gasteiger partial charge is 0.489 e. The minimum Gasteiger partial charge on any atom is -0.489 e. The molecule has 1 aliphatic carbocycles. The van der Waals surface area contributed by atoms with Crippen molar-refractivity contribution in [3.05, 3.63) is 53.6 Å². The van der Waals surface area contributed by atoms with E-state index >= 15 is 0 Å².